The van der Waals surface area contributed by atoms with E-state index in [0.29, 0.717) is 16.9 Å². The van der Waals surface area contributed by atoms with Gasteiger partial charge in [0.15, 0.2) is 0 Å². The van der Waals surface area contributed by atoms with Gasteiger partial charge in [-0.3, -0.25) is 0 Å². The van der Waals surface area contributed by atoms with Crippen molar-refractivity contribution in [3.8, 4) is 18.1 Å². The SMILES string of the molecule is C#Cc1cccc(CO)c1OC. The number of terminal acetylenes is 1. The van der Waals surface area contributed by atoms with E-state index in [2.05, 4.69) is 5.92 Å². The lowest BCUT2D eigenvalue weighted by atomic mass is 10.1. The summed E-state index contributed by atoms with van der Waals surface area (Å²) in [7, 11) is 1.54. The summed E-state index contributed by atoms with van der Waals surface area (Å²) in [6, 6.07) is 5.35. The van der Waals surface area contributed by atoms with Crippen molar-refractivity contribution >= 4 is 0 Å². The Kier molecular flexibility index (Phi) is 2.73. The summed E-state index contributed by atoms with van der Waals surface area (Å²) in [5.74, 6) is 3.07. The predicted octanol–water partition coefficient (Wildman–Crippen LogP) is 1.17. The van der Waals surface area contributed by atoms with Crippen molar-refractivity contribution in [2.75, 3.05) is 7.11 Å². The average molecular weight is 162 g/mol. The van der Waals surface area contributed by atoms with Gasteiger partial charge in [-0.25, -0.2) is 0 Å². The number of ether oxygens (including phenoxy) is 1. The first-order valence-electron chi connectivity index (χ1n) is 3.56. The van der Waals surface area contributed by atoms with Crippen molar-refractivity contribution < 1.29 is 9.84 Å². The van der Waals surface area contributed by atoms with E-state index in [-0.39, 0.29) is 6.61 Å². The van der Waals surface area contributed by atoms with Gasteiger partial charge in [0.05, 0.1) is 19.3 Å². The van der Waals surface area contributed by atoms with Gasteiger partial charge >= 0.3 is 0 Å². The quantitative estimate of drug-likeness (QED) is 0.661. The van der Waals surface area contributed by atoms with Crippen molar-refractivity contribution in [3.63, 3.8) is 0 Å². The first-order valence-corrected chi connectivity index (χ1v) is 3.56. The van der Waals surface area contributed by atoms with Gasteiger partial charge in [0, 0.05) is 5.56 Å². The molecule has 2 heteroatoms. The van der Waals surface area contributed by atoms with Crippen LogP contribution in [0.1, 0.15) is 11.1 Å². The summed E-state index contributed by atoms with van der Waals surface area (Å²) in [6.07, 6.45) is 5.24. The van der Waals surface area contributed by atoms with E-state index in [9.17, 15) is 0 Å². The van der Waals surface area contributed by atoms with Gasteiger partial charge in [0.1, 0.15) is 5.75 Å². The topological polar surface area (TPSA) is 29.5 Å². The van der Waals surface area contributed by atoms with Crippen LogP contribution in [0.5, 0.6) is 5.75 Å². The summed E-state index contributed by atoms with van der Waals surface area (Å²) in [6.45, 7) is -0.0569. The number of hydrogen-bond donors (Lipinski definition) is 1. The minimum absolute atomic E-state index is 0.0569. The molecule has 0 unspecified atom stereocenters. The Morgan fingerprint density at radius 1 is 1.58 bits per heavy atom. The van der Waals surface area contributed by atoms with Crippen LogP contribution in [0.4, 0.5) is 0 Å². The normalized spacial score (nSPS) is 9.08. The molecule has 0 saturated heterocycles. The van der Waals surface area contributed by atoms with Crippen LogP contribution in [0, 0.1) is 12.3 Å². The number of aliphatic hydroxyl groups is 1. The van der Waals surface area contributed by atoms with E-state index in [1.54, 1.807) is 18.2 Å². The van der Waals surface area contributed by atoms with Crippen LogP contribution in [0.25, 0.3) is 0 Å². The van der Waals surface area contributed by atoms with Gasteiger partial charge in [-0.05, 0) is 6.07 Å². The highest BCUT2D eigenvalue weighted by Gasteiger charge is 2.04. The molecule has 0 aliphatic carbocycles. The van der Waals surface area contributed by atoms with E-state index >= 15 is 0 Å². The maximum Gasteiger partial charge on any atom is 0.139 e. The molecule has 0 fully saturated rings. The monoisotopic (exact) mass is 162 g/mol. The minimum atomic E-state index is -0.0569. The second-order valence-corrected chi connectivity index (χ2v) is 2.30. The second kappa shape index (κ2) is 3.80. The molecule has 0 aromatic heterocycles. The average Bonchev–Trinajstić information content (AvgIpc) is 2.16. The Morgan fingerprint density at radius 3 is 2.83 bits per heavy atom. The summed E-state index contributed by atoms with van der Waals surface area (Å²) in [5, 5.41) is 8.92. The molecular formula is C10H10O2. The van der Waals surface area contributed by atoms with E-state index in [1.807, 2.05) is 0 Å². The highest BCUT2D eigenvalue weighted by molar-refractivity contribution is 5.49. The highest BCUT2D eigenvalue weighted by Crippen LogP contribution is 2.22. The molecule has 1 aromatic carbocycles. The van der Waals surface area contributed by atoms with Crippen molar-refractivity contribution in [1.82, 2.24) is 0 Å². The Morgan fingerprint density at radius 2 is 2.33 bits per heavy atom. The zero-order valence-corrected chi connectivity index (χ0v) is 6.87. The van der Waals surface area contributed by atoms with Crippen molar-refractivity contribution in [2.45, 2.75) is 6.61 Å². The van der Waals surface area contributed by atoms with Gasteiger partial charge in [-0.2, -0.15) is 0 Å². The van der Waals surface area contributed by atoms with Crippen LogP contribution >= 0.6 is 0 Å². The molecule has 0 aliphatic rings. The van der Waals surface area contributed by atoms with E-state index in [1.165, 1.54) is 7.11 Å². The van der Waals surface area contributed by atoms with E-state index < -0.39 is 0 Å². The van der Waals surface area contributed by atoms with Crippen LogP contribution < -0.4 is 4.74 Å². The zero-order chi connectivity index (χ0) is 8.97. The standard InChI is InChI=1S/C10H10O2/c1-3-8-5-4-6-9(7-11)10(8)12-2/h1,4-6,11H,7H2,2H3. The van der Waals surface area contributed by atoms with Crippen molar-refractivity contribution in [3.05, 3.63) is 29.3 Å². The second-order valence-electron chi connectivity index (χ2n) is 2.30. The number of rotatable bonds is 2. The highest BCUT2D eigenvalue weighted by atomic mass is 16.5. The molecule has 0 radical (unpaired) electrons. The molecule has 0 saturated carbocycles. The molecule has 1 rings (SSSR count). The molecule has 0 atom stereocenters. The lowest BCUT2D eigenvalue weighted by molar-refractivity contribution is 0.273. The van der Waals surface area contributed by atoms with Crippen LogP contribution in [0.3, 0.4) is 0 Å². The molecule has 12 heavy (non-hydrogen) atoms. The Hall–Kier alpha value is -1.46. The third kappa shape index (κ3) is 1.41. The number of para-hydroxylation sites is 1. The van der Waals surface area contributed by atoms with Crippen molar-refractivity contribution in [2.24, 2.45) is 0 Å². The van der Waals surface area contributed by atoms with Gasteiger partial charge in [-0.15, -0.1) is 6.42 Å². The molecule has 0 bridgehead atoms. The van der Waals surface area contributed by atoms with Crippen LogP contribution in [-0.2, 0) is 6.61 Å². The fourth-order valence-corrected chi connectivity index (χ4v) is 1.06. The molecule has 0 amide bonds. The lowest BCUT2D eigenvalue weighted by Gasteiger charge is -2.07. The molecular weight excluding hydrogens is 152 g/mol. The lowest BCUT2D eigenvalue weighted by Crippen LogP contribution is -1.94. The fourth-order valence-electron chi connectivity index (χ4n) is 1.06. The summed E-state index contributed by atoms with van der Waals surface area (Å²) in [5.41, 5.74) is 1.39. The van der Waals surface area contributed by atoms with E-state index in [4.69, 9.17) is 16.3 Å². The maximum atomic E-state index is 8.92. The molecule has 1 aromatic rings. The van der Waals surface area contributed by atoms with Gasteiger partial charge in [0.25, 0.3) is 0 Å². The van der Waals surface area contributed by atoms with Crippen molar-refractivity contribution in [1.29, 1.82) is 0 Å². The van der Waals surface area contributed by atoms with Gasteiger partial charge < -0.3 is 9.84 Å². The van der Waals surface area contributed by atoms with Crippen LogP contribution in [-0.4, -0.2) is 12.2 Å². The number of hydrogen-bond acceptors (Lipinski definition) is 2. The minimum Gasteiger partial charge on any atom is -0.495 e. The number of benzene rings is 1. The third-order valence-electron chi connectivity index (χ3n) is 1.63. The first-order chi connectivity index (χ1) is 5.83. The van der Waals surface area contributed by atoms with Crippen LogP contribution in [0.2, 0.25) is 0 Å². The Balaban J connectivity index is 3.24. The summed E-state index contributed by atoms with van der Waals surface area (Å²) >= 11 is 0. The first kappa shape index (κ1) is 8.63. The Bertz CT molecular complexity index is 310. The summed E-state index contributed by atoms with van der Waals surface area (Å²) in [4.78, 5) is 0. The Labute approximate surface area is 71.8 Å². The summed E-state index contributed by atoms with van der Waals surface area (Å²) < 4.78 is 5.06. The smallest absolute Gasteiger partial charge is 0.139 e. The molecule has 0 heterocycles. The van der Waals surface area contributed by atoms with Crippen LogP contribution in [0.15, 0.2) is 18.2 Å². The molecule has 62 valence electrons. The number of aliphatic hydroxyl groups excluding tert-OH is 1. The van der Waals surface area contributed by atoms with Gasteiger partial charge in [0.2, 0.25) is 0 Å². The molecule has 0 aliphatic heterocycles. The predicted molar refractivity (Wildman–Crippen MR) is 46.9 cm³/mol. The molecule has 1 N–H and O–H groups in total. The largest absolute Gasteiger partial charge is 0.495 e. The fraction of sp³-hybridized carbons (Fsp3) is 0.200. The molecule has 2 nitrogen and oxygen atoms in total. The van der Waals surface area contributed by atoms with E-state index in [0.717, 1.165) is 0 Å². The molecule has 0 spiro atoms. The maximum absolute atomic E-state index is 8.92. The zero-order valence-electron chi connectivity index (χ0n) is 6.87. The third-order valence-corrected chi connectivity index (χ3v) is 1.63. The number of methoxy groups -OCH3 is 1. The van der Waals surface area contributed by atoms with Gasteiger partial charge in [-0.1, -0.05) is 18.1 Å².